The van der Waals surface area contributed by atoms with E-state index in [1.807, 2.05) is 30.3 Å². The fourth-order valence-corrected chi connectivity index (χ4v) is 2.14. The number of nitrogens with one attached hydrogen (secondary N) is 1. The van der Waals surface area contributed by atoms with Crippen LogP contribution >= 0.6 is 0 Å². The Morgan fingerprint density at radius 1 is 1.04 bits per heavy atom. The Labute approximate surface area is 145 Å². The molecule has 0 atom stereocenters. The van der Waals surface area contributed by atoms with Crippen LogP contribution in [0.3, 0.4) is 0 Å². The van der Waals surface area contributed by atoms with E-state index in [0.29, 0.717) is 24.8 Å². The second-order valence-electron chi connectivity index (χ2n) is 5.43. The molecule has 0 aromatic heterocycles. The number of carbonyl (C=O) groups is 4. The zero-order chi connectivity index (χ0) is 18.1. The predicted molar refractivity (Wildman–Crippen MR) is 85.5 cm³/mol. The van der Waals surface area contributed by atoms with Crippen LogP contribution in [0.4, 0.5) is 0 Å². The molecule has 8 nitrogen and oxygen atoms in total. The van der Waals surface area contributed by atoms with E-state index in [0.717, 1.165) is 5.56 Å². The van der Waals surface area contributed by atoms with Crippen LogP contribution in [0.5, 0.6) is 0 Å². The normalized spacial score (nSPS) is 13.8. The molecule has 1 aromatic carbocycles. The average Bonchev–Trinajstić information content (AvgIpc) is 2.92. The molecule has 0 saturated carbocycles. The van der Waals surface area contributed by atoms with E-state index >= 15 is 0 Å². The molecule has 134 valence electrons. The number of hydrogen-bond donors (Lipinski definition) is 1. The monoisotopic (exact) mass is 348 g/mol. The number of imide groups is 1. The van der Waals surface area contributed by atoms with Crippen LogP contribution < -0.4 is 5.32 Å². The molecule has 0 spiro atoms. The second kappa shape index (κ2) is 9.53. The first-order valence-corrected chi connectivity index (χ1v) is 8.01. The first-order valence-electron chi connectivity index (χ1n) is 8.01. The molecule has 1 heterocycles. The summed E-state index contributed by atoms with van der Waals surface area (Å²) in [7, 11) is 0. The van der Waals surface area contributed by atoms with Crippen LogP contribution in [0.15, 0.2) is 30.3 Å². The Bertz CT molecular complexity index is 615. The highest BCUT2D eigenvalue weighted by molar-refractivity contribution is 6.01. The molecule has 0 bridgehead atoms. The maximum atomic E-state index is 11.6. The molecule has 1 aliphatic heterocycles. The van der Waals surface area contributed by atoms with Gasteiger partial charge in [0.1, 0.15) is 0 Å². The number of hydroxylamine groups is 2. The summed E-state index contributed by atoms with van der Waals surface area (Å²) in [5.41, 5.74) is 1.04. The molecule has 25 heavy (non-hydrogen) atoms. The largest absolute Gasteiger partial charge is 0.375 e. The van der Waals surface area contributed by atoms with Gasteiger partial charge in [-0.05, 0) is 5.56 Å². The number of rotatable bonds is 9. The van der Waals surface area contributed by atoms with Crippen molar-refractivity contribution in [2.75, 3.05) is 13.2 Å². The van der Waals surface area contributed by atoms with Gasteiger partial charge in [-0.15, -0.1) is 5.06 Å². The molecule has 1 aromatic rings. The second-order valence-corrected chi connectivity index (χ2v) is 5.43. The highest BCUT2D eigenvalue weighted by atomic mass is 16.7. The van der Waals surface area contributed by atoms with Gasteiger partial charge in [0.05, 0.1) is 19.6 Å². The quantitative estimate of drug-likeness (QED) is 0.521. The zero-order valence-electron chi connectivity index (χ0n) is 13.7. The SMILES string of the molecule is O=C(CCC(=O)ON1C(=O)CCC1=O)NCCOCc1ccccc1. The van der Waals surface area contributed by atoms with Crippen LogP contribution in [-0.2, 0) is 35.4 Å². The highest BCUT2D eigenvalue weighted by Gasteiger charge is 2.32. The number of amides is 3. The van der Waals surface area contributed by atoms with Gasteiger partial charge in [0, 0.05) is 25.8 Å². The lowest BCUT2D eigenvalue weighted by Crippen LogP contribution is -2.33. The van der Waals surface area contributed by atoms with Crippen molar-refractivity contribution >= 4 is 23.7 Å². The molecule has 1 N–H and O–H groups in total. The van der Waals surface area contributed by atoms with Gasteiger partial charge in [0.25, 0.3) is 11.8 Å². The van der Waals surface area contributed by atoms with Gasteiger partial charge in [0.2, 0.25) is 5.91 Å². The van der Waals surface area contributed by atoms with Gasteiger partial charge in [-0.1, -0.05) is 30.3 Å². The van der Waals surface area contributed by atoms with E-state index in [2.05, 4.69) is 10.2 Å². The van der Waals surface area contributed by atoms with Crippen LogP contribution in [0.1, 0.15) is 31.2 Å². The molecule has 8 heteroatoms. The molecular formula is C17H20N2O6. The van der Waals surface area contributed by atoms with Crippen molar-refractivity contribution in [3.8, 4) is 0 Å². The standard InChI is InChI=1S/C17H20N2O6/c20-14(18-10-11-24-12-13-4-2-1-3-5-13)6-9-17(23)25-19-15(21)7-8-16(19)22/h1-5H,6-12H2,(H,18,20). The van der Waals surface area contributed by atoms with E-state index in [9.17, 15) is 19.2 Å². The summed E-state index contributed by atoms with van der Waals surface area (Å²) in [5, 5.41) is 3.09. The summed E-state index contributed by atoms with van der Waals surface area (Å²) in [6.07, 6.45) is -0.229. The van der Waals surface area contributed by atoms with E-state index < -0.39 is 17.8 Å². The Morgan fingerprint density at radius 2 is 1.72 bits per heavy atom. The minimum Gasteiger partial charge on any atom is -0.375 e. The van der Waals surface area contributed by atoms with Crippen molar-refractivity contribution in [2.45, 2.75) is 32.3 Å². The smallest absolute Gasteiger partial charge is 0.333 e. The number of benzene rings is 1. The van der Waals surface area contributed by atoms with Crippen LogP contribution in [0.2, 0.25) is 0 Å². The van der Waals surface area contributed by atoms with Crippen molar-refractivity contribution in [1.82, 2.24) is 10.4 Å². The third-order valence-corrected chi connectivity index (χ3v) is 3.44. The molecule has 0 aliphatic carbocycles. The summed E-state index contributed by atoms with van der Waals surface area (Å²) in [4.78, 5) is 50.4. The van der Waals surface area contributed by atoms with E-state index in [4.69, 9.17) is 4.74 Å². The lowest BCUT2D eigenvalue weighted by Gasteiger charge is -2.12. The van der Waals surface area contributed by atoms with Crippen molar-refractivity contribution in [2.24, 2.45) is 0 Å². The Morgan fingerprint density at radius 3 is 2.40 bits per heavy atom. The Kier molecular flexibility index (Phi) is 7.09. The Balaban J connectivity index is 1.54. The molecule has 1 aliphatic rings. The molecular weight excluding hydrogens is 328 g/mol. The first kappa shape index (κ1) is 18.6. The Hall–Kier alpha value is -2.74. The fraction of sp³-hybridized carbons (Fsp3) is 0.412. The van der Waals surface area contributed by atoms with Crippen molar-refractivity contribution < 1.29 is 28.8 Å². The van der Waals surface area contributed by atoms with Gasteiger partial charge >= 0.3 is 5.97 Å². The fourth-order valence-electron chi connectivity index (χ4n) is 2.14. The maximum absolute atomic E-state index is 11.6. The molecule has 2 rings (SSSR count). The van der Waals surface area contributed by atoms with Crippen LogP contribution in [0.25, 0.3) is 0 Å². The van der Waals surface area contributed by atoms with Crippen LogP contribution in [0, 0.1) is 0 Å². The molecule has 3 amide bonds. The summed E-state index contributed by atoms with van der Waals surface area (Å²) < 4.78 is 5.42. The lowest BCUT2D eigenvalue weighted by atomic mass is 10.2. The molecule has 0 radical (unpaired) electrons. The van der Waals surface area contributed by atoms with E-state index in [1.165, 1.54) is 0 Å². The minimum atomic E-state index is -0.793. The number of nitrogens with zero attached hydrogens (tertiary/aromatic N) is 1. The lowest BCUT2D eigenvalue weighted by molar-refractivity contribution is -0.197. The van der Waals surface area contributed by atoms with Gasteiger partial charge in [-0.3, -0.25) is 14.4 Å². The van der Waals surface area contributed by atoms with E-state index in [-0.39, 0.29) is 31.6 Å². The highest BCUT2D eigenvalue weighted by Crippen LogP contribution is 2.12. The zero-order valence-corrected chi connectivity index (χ0v) is 13.7. The number of hydrogen-bond acceptors (Lipinski definition) is 6. The summed E-state index contributed by atoms with van der Waals surface area (Å²) in [6, 6.07) is 9.65. The minimum absolute atomic E-state index is 0.0373. The average molecular weight is 348 g/mol. The molecule has 1 saturated heterocycles. The van der Waals surface area contributed by atoms with Gasteiger partial charge in [-0.2, -0.15) is 0 Å². The van der Waals surface area contributed by atoms with E-state index in [1.54, 1.807) is 0 Å². The van der Waals surface area contributed by atoms with Gasteiger partial charge in [-0.25, -0.2) is 4.79 Å². The third kappa shape index (κ3) is 6.34. The van der Waals surface area contributed by atoms with Crippen molar-refractivity contribution in [3.63, 3.8) is 0 Å². The summed E-state index contributed by atoms with van der Waals surface area (Å²) in [5.74, 6) is -2.21. The van der Waals surface area contributed by atoms with Crippen molar-refractivity contribution in [1.29, 1.82) is 0 Å². The third-order valence-electron chi connectivity index (χ3n) is 3.44. The molecule has 1 fully saturated rings. The maximum Gasteiger partial charge on any atom is 0.333 e. The topological polar surface area (TPSA) is 102 Å². The predicted octanol–water partition coefficient (Wildman–Crippen LogP) is 0.707. The summed E-state index contributed by atoms with van der Waals surface area (Å²) in [6.45, 7) is 1.13. The molecule has 0 unspecified atom stereocenters. The van der Waals surface area contributed by atoms with Crippen molar-refractivity contribution in [3.05, 3.63) is 35.9 Å². The van der Waals surface area contributed by atoms with Gasteiger partial charge < -0.3 is 14.9 Å². The first-order chi connectivity index (χ1) is 12.1. The number of carbonyl (C=O) groups excluding carboxylic acids is 4. The number of ether oxygens (including phenoxy) is 1. The van der Waals surface area contributed by atoms with Gasteiger partial charge in [0.15, 0.2) is 0 Å². The van der Waals surface area contributed by atoms with Crippen LogP contribution in [-0.4, -0.2) is 41.9 Å². The summed E-state index contributed by atoms with van der Waals surface area (Å²) >= 11 is 0.